The number of aromatic nitrogens is 3. The second-order valence-electron chi connectivity index (χ2n) is 8.11. The van der Waals surface area contributed by atoms with Crippen LogP contribution in [0.15, 0.2) is 30.6 Å². The largest absolute Gasteiger partial charge is 0.496 e. The van der Waals surface area contributed by atoms with E-state index in [1.807, 2.05) is 23.1 Å². The summed E-state index contributed by atoms with van der Waals surface area (Å²) in [5, 5.41) is 19.8. The second kappa shape index (κ2) is 10.9. The number of benzene rings is 1. The summed E-state index contributed by atoms with van der Waals surface area (Å²) in [6.45, 7) is 2.02. The summed E-state index contributed by atoms with van der Waals surface area (Å²) in [4.78, 5) is 29.9. The molecular weight excluding hydrogens is 442 g/mol. The van der Waals surface area contributed by atoms with Crippen molar-refractivity contribution >= 4 is 22.8 Å². The van der Waals surface area contributed by atoms with Gasteiger partial charge in [0, 0.05) is 35.3 Å². The number of piperidine rings is 1. The van der Waals surface area contributed by atoms with Crippen LogP contribution in [0.5, 0.6) is 11.5 Å². The summed E-state index contributed by atoms with van der Waals surface area (Å²) in [5.41, 5.74) is 2.58. The number of ether oxygens (including phenoxy) is 2. The Kier molecular flexibility index (Phi) is 8.03. The zero-order valence-corrected chi connectivity index (χ0v) is 19.1. The third kappa shape index (κ3) is 5.43. The maximum Gasteiger partial charge on any atom is 0.317 e. The number of rotatable bonds is 8. The molecule has 4 rings (SSSR count). The number of hydrogen-bond donors (Lipinski definition) is 3. The van der Waals surface area contributed by atoms with Crippen molar-refractivity contribution in [3.8, 4) is 22.6 Å². The van der Waals surface area contributed by atoms with Crippen molar-refractivity contribution in [2.24, 2.45) is 5.92 Å². The van der Waals surface area contributed by atoms with Gasteiger partial charge in [0.15, 0.2) is 5.69 Å². The molecule has 1 amide bonds. The summed E-state index contributed by atoms with van der Waals surface area (Å²) in [6.07, 6.45) is 5.03. The highest BCUT2D eigenvalue weighted by atomic mass is 16.5. The minimum Gasteiger partial charge on any atom is -0.496 e. The highest BCUT2D eigenvalue weighted by molar-refractivity contribution is 6.06. The molecular formula is C23H29N5O6. The molecule has 0 bridgehead atoms. The summed E-state index contributed by atoms with van der Waals surface area (Å²) in [6, 6.07) is 5.53. The Labute approximate surface area is 196 Å². The van der Waals surface area contributed by atoms with E-state index in [-0.39, 0.29) is 17.9 Å². The second-order valence-corrected chi connectivity index (χ2v) is 8.11. The number of aromatic amines is 1. The molecule has 1 fully saturated rings. The van der Waals surface area contributed by atoms with Gasteiger partial charge >= 0.3 is 5.97 Å². The van der Waals surface area contributed by atoms with Crippen molar-refractivity contribution in [2.45, 2.75) is 12.8 Å². The summed E-state index contributed by atoms with van der Waals surface area (Å²) in [7, 11) is 3.17. The SMILES string of the molecule is COc1cncc(-c2cc3c(C(=O)NCC4CCN(CC(=O)O)CC4)n[nH]c3cc2OC)c1.O. The van der Waals surface area contributed by atoms with Crippen LogP contribution >= 0.6 is 0 Å². The summed E-state index contributed by atoms with van der Waals surface area (Å²) in [5.74, 6) is 0.486. The van der Waals surface area contributed by atoms with Crippen LogP contribution in [0.25, 0.3) is 22.0 Å². The third-order valence-corrected chi connectivity index (χ3v) is 5.98. The van der Waals surface area contributed by atoms with E-state index >= 15 is 0 Å². The Morgan fingerprint density at radius 1 is 1.18 bits per heavy atom. The number of pyridine rings is 1. The Morgan fingerprint density at radius 3 is 2.62 bits per heavy atom. The van der Waals surface area contributed by atoms with E-state index in [2.05, 4.69) is 20.5 Å². The molecule has 3 heterocycles. The van der Waals surface area contributed by atoms with Gasteiger partial charge in [-0.1, -0.05) is 0 Å². The van der Waals surface area contributed by atoms with E-state index in [1.54, 1.807) is 26.6 Å². The highest BCUT2D eigenvalue weighted by Gasteiger charge is 2.23. The van der Waals surface area contributed by atoms with E-state index in [0.717, 1.165) is 37.1 Å². The zero-order chi connectivity index (χ0) is 23.4. The summed E-state index contributed by atoms with van der Waals surface area (Å²) < 4.78 is 10.8. The maximum atomic E-state index is 12.9. The minimum absolute atomic E-state index is 0. The van der Waals surface area contributed by atoms with Crippen LogP contribution in [-0.2, 0) is 4.79 Å². The van der Waals surface area contributed by atoms with E-state index in [9.17, 15) is 9.59 Å². The number of carbonyl (C=O) groups is 2. The first-order chi connectivity index (χ1) is 16.0. The minimum atomic E-state index is -0.812. The van der Waals surface area contributed by atoms with Crippen LogP contribution in [0, 0.1) is 5.92 Å². The average molecular weight is 472 g/mol. The van der Waals surface area contributed by atoms with Crippen molar-refractivity contribution in [2.75, 3.05) is 40.4 Å². The number of carbonyl (C=O) groups excluding carboxylic acids is 1. The first-order valence-corrected chi connectivity index (χ1v) is 10.8. The van der Waals surface area contributed by atoms with E-state index in [0.29, 0.717) is 40.6 Å². The Hall–Kier alpha value is -3.70. The normalized spacial score (nSPS) is 14.4. The van der Waals surface area contributed by atoms with Gasteiger partial charge in [-0.2, -0.15) is 5.10 Å². The van der Waals surface area contributed by atoms with Gasteiger partial charge in [-0.15, -0.1) is 0 Å². The van der Waals surface area contributed by atoms with Crippen LogP contribution in [0.2, 0.25) is 0 Å². The van der Waals surface area contributed by atoms with E-state index < -0.39 is 5.97 Å². The fourth-order valence-corrected chi connectivity index (χ4v) is 4.15. The quantitative estimate of drug-likeness (QED) is 0.443. The van der Waals surface area contributed by atoms with Crippen molar-refractivity contribution in [1.29, 1.82) is 0 Å². The zero-order valence-electron chi connectivity index (χ0n) is 19.1. The van der Waals surface area contributed by atoms with Crippen LogP contribution in [0.3, 0.4) is 0 Å². The number of amides is 1. The molecule has 0 radical (unpaired) electrons. The van der Waals surface area contributed by atoms with Crippen LogP contribution < -0.4 is 14.8 Å². The van der Waals surface area contributed by atoms with Gasteiger partial charge in [0.05, 0.1) is 32.5 Å². The van der Waals surface area contributed by atoms with Crippen molar-refractivity contribution < 1.29 is 29.6 Å². The monoisotopic (exact) mass is 471 g/mol. The highest BCUT2D eigenvalue weighted by Crippen LogP contribution is 2.35. The maximum absolute atomic E-state index is 12.9. The molecule has 11 nitrogen and oxygen atoms in total. The predicted octanol–water partition coefficient (Wildman–Crippen LogP) is 1.34. The number of carboxylic acids is 1. The number of H-pyrrole nitrogens is 1. The molecule has 34 heavy (non-hydrogen) atoms. The summed E-state index contributed by atoms with van der Waals surface area (Å²) >= 11 is 0. The molecule has 3 aromatic rings. The number of nitrogens with zero attached hydrogens (tertiary/aromatic N) is 3. The average Bonchev–Trinajstić information content (AvgIpc) is 3.25. The molecule has 1 aliphatic heterocycles. The first-order valence-electron chi connectivity index (χ1n) is 10.8. The van der Waals surface area contributed by atoms with Gasteiger partial charge in [-0.3, -0.25) is 24.6 Å². The smallest absolute Gasteiger partial charge is 0.317 e. The number of methoxy groups -OCH3 is 2. The van der Waals surface area contributed by atoms with Crippen molar-refractivity contribution in [3.05, 3.63) is 36.3 Å². The number of carboxylic acid groups (broad SMARTS) is 1. The van der Waals surface area contributed by atoms with Gasteiger partial charge in [-0.05, 0) is 44.0 Å². The molecule has 5 N–H and O–H groups in total. The topological polar surface area (TPSA) is 161 Å². The fourth-order valence-electron chi connectivity index (χ4n) is 4.15. The predicted molar refractivity (Wildman–Crippen MR) is 125 cm³/mol. The number of nitrogens with one attached hydrogen (secondary N) is 2. The molecule has 0 saturated carbocycles. The Bertz CT molecular complexity index is 1160. The molecule has 11 heteroatoms. The molecule has 0 unspecified atom stereocenters. The van der Waals surface area contributed by atoms with Crippen LogP contribution in [0.1, 0.15) is 23.3 Å². The van der Waals surface area contributed by atoms with Gasteiger partial charge in [0.2, 0.25) is 0 Å². The molecule has 0 aliphatic carbocycles. The van der Waals surface area contributed by atoms with Crippen LogP contribution in [-0.4, -0.2) is 82.9 Å². The van der Waals surface area contributed by atoms with Crippen LogP contribution in [0.4, 0.5) is 0 Å². The Morgan fingerprint density at radius 2 is 1.94 bits per heavy atom. The van der Waals surface area contributed by atoms with Crippen molar-refractivity contribution in [1.82, 2.24) is 25.4 Å². The molecule has 1 saturated heterocycles. The standard InChI is InChI=1S/C23H27N5O5.H2O/c1-32-16-7-15(11-24-12-16)17-8-18-19(9-20(17)33-2)26-27-22(18)23(31)25-10-14-3-5-28(6-4-14)13-21(29)30;/h7-9,11-12,14H,3-6,10,13H2,1-2H3,(H,25,31)(H,26,27)(H,29,30);1H2. The molecule has 2 aromatic heterocycles. The Balaban J connectivity index is 0.00000324. The van der Waals surface area contributed by atoms with Gasteiger partial charge < -0.3 is 25.4 Å². The fraction of sp³-hybridized carbons (Fsp3) is 0.391. The molecule has 0 spiro atoms. The lowest BCUT2D eigenvalue weighted by atomic mass is 9.96. The lowest BCUT2D eigenvalue weighted by Crippen LogP contribution is -2.40. The molecule has 1 aromatic carbocycles. The van der Waals surface area contributed by atoms with Gasteiger partial charge in [-0.25, -0.2) is 0 Å². The van der Waals surface area contributed by atoms with E-state index in [4.69, 9.17) is 14.6 Å². The van der Waals surface area contributed by atoms with E-state index in [1.165, 1.54) is 0 Å². The lowest BCUT2D eigenvalue weighted by molar-refractivity contribution is -0.138. The molecule has 182 valence electrons. The first kappa shape index (κ1) is 24.9. The molecule has 0 atom stereocenters. The number of aliphatic carboxylic acids is 1. The van der Waals surface area contributed by atoms with Gasteiger partial charge in [0.25, 0.3) is 5.91 Å². The lowest BCUT2D eigenvalue weighted by Gasteiger charge is -2.30. The molecule has 1 aliphatic rings. The van der Waals surface area contributed by atoms with Gasteiger partial charge in [0.1, 0.15) is 11.5 Å². The number of likely N-dealkylation sites (tertiary alicyclic amines) is 1. The number of hydrogen-bond acceptors (Lipinski definition) is 7. The third-order valence-electron chi connectivity index (χ3n) is 5.98. The van der Waals surface area contributed by atoms with Crippen molar-refractivity contribution in [3.63, 3.8) is 0 Å². The number of fused-ring (bicyclic) bond motifs is 1.